The predicted octanol–water partition coefficient (Wildman–Crippen LogP) is 3.63. The van der Waals surface area contributed by atoms with Crippen molar-refractivity contribution in [1.29, 1.82) is 0 Å². The van der Waals surface area contributed by atoms with Crippen LogP contribution in [0.15, 0.2) is 47.5 Å². The number of aromatic nitrogens is 1. The lowest BCUT2D eigenvalue weighted by Crippen LogP contribution is -2.62. The summed E-state index contributed by atoms with van der Waals surface area (Å²) in [7, 11) is 3.65. The fourth-order valence-corrected chi connectivity index (χ4v) is 5.46. The minimum atomic E-state index is -0.761. The Morgan fingerprint density at radius 3 is 2.56 bits per heavy atom. The highest BCUT2D eigenvalue weighted by Gasteiger charge is 2.34. The molecule has 11 heteroatoms. The van der Waals surface area contributed by atoms with Crippen LogP contribution in [0.2, 0.25) is 0 Å². The molecule has 2 heterocycles. The molecule has 1 aliphatic heterocycles. The Bertz CT molecular complexity index is 1270. The quantitative estimate of drug-likeness (QED) is 0.257. The zero-order valence-corrected chi connectivity index (χ0v) is 26.8. The molecule has 0 aliphatic carbocycles. The van der Waals surface area contributed by atoms with Crippen molar-refractivity contribution in [2.45, 2.75) is 65.6 Å². The zero-order valence-electron chi connectivity index (χ0n) is 25.2. The van der Waals surface area contributed by atoms with E-state index in [0.717, 1.165) is 15.4 Å². The summed E-state index contributed by atoms with van der Waals surface area (Å²) in [6.07, 6.45) is 3.10. The van der Waals surface area contributed by atoms with Crippen molar-refractivity contribution in [2.24, 2.45) is 11.3 Å². The van der Waals surface area contributed by atoms with Gasteiger partial charge in [0.2, 0.25) is 5.91 Å². The van der Waals surface area contributed by atoms with E-state index in [9.17, 15) is 14.4 Å². The third kappa shape index (κ3) is 8.50. The Hall–Kier alpha value is -3.02. The molecule has 0 radical (unpaired) electrons. The van der Waals surface area contributed by atoms with Gasteiger partial charge in [-0.2, -0.15) is 0 Å². The van der Waals surface area contributed by atoms with Crippen LogP contribution in [0.3, 0.4) is 0 Å². The fraction of sp³-hybridized carbons (Fsp3) is 0.533. The normalized spacial score (nSPS) is 17.3. The van der Waals surface area contributed by atoms with Gasteiger partial charge in [-0.05, 0) is 62.4 Å². The second-order valence-electron chi connectivity index (χ2n) is 11.9. The highest BCUT2D eigenvalue weighted by molar-refractivity contribution is 9.10. The van der Waals surface area contributed by atoms with Crippen LogP contribution in [-0.4, -0.2) is 77.9 Å². The summed E-state index contributed by atoms with van der Waals surface area (Å²) >= 11 is 3.47. The van der Waals surface area contributed by atoms with E-state index in [1.54, 1.807) is 19.0 Å². The van der Waals surface area contributed by atoms with E-state index in [1.807, 2.05) is 62.2 Å². The molecule has 0 spiro atoms. The topological polar surface area (TPSA) is 110 Å². The number of amides is 3. The van der Waals surface area contributed by atoms with Crippen molar-refractivity contribution in [2.75, 3.05) is 32.2 Å². The minimum Gasteiger partial charge on any atom is -0.343 e. The first kappa shape index (κ1) is 32.5. The first-order chi connectivity index (χ1) is 19.2. The maximum atomic E-state index is 13.3. The first-order valence-electron chi connectivity index (χ1n) is 14.0. The number of hydrogen-bond donors (Lipinski definition) is 3. The summed E-state index contributed by atoms with van der Waals surface area (Å²) in [5, 5.41) is 6.91. The van der Waals surface area contributed by atoms with Crippen LogP contribution in [0.5, 0.6) is 0 Å². The van der Waals surface area contributed by atoms with Gasteiger partial charge >= 0.3 is 0 Å². The monoisotopic (exact) mass is 629 g/mol. The van der Waals surface area contributed by atoms with Crippen molar-refractivity contribution in [3.8, 4) is 0 Å². The summed E-state index contributed by atoms with van der Waals surface area (Å²) in [5.74, 6) is -0.136. The van der Waals surface area contributed by atoms with Gasteiger partial charge < -0.3 is 5.32 Å². The number of nitrogens with one attached hydrogen (secondary N) is 3. The number of nitrogens with zero attached hydrogens (tertiary/aromatic N) is 4. The Kier molecular flexibility index (Phi) is 10.9. The number of halogens is 1. The maximum absolute atomic E-state index is 13.3. The number of benzene rings is 1. The highest BCUT2D eigenvalue weighted by Crippen LogP contribution is 2.22. The first-order valence-corrected chi connectivity index (χ1v) is 14.8. The van der Waals surface area contributed by atoms with Crippen LogP contribution in [0.4, 0.5) is 5.82 Å². The summed E-state index contributed by atoms with van der Waals surface area (Å²) in [4.78, 5) is 46.4. The Morgan fingerprint density at radius 1 is 1.22 bits per heavy atom. The number of hydrazine groups is 2. The molecule has 1 fully saturated rings. The molecule has 3 atom stereocenters. The average molecular weight is 631 g/mol. The van der Waals surface area contributed by atoms with Gasteiger partial charge in [0.25, 0.3) is 11.8 Å². The molecule has 3 rings (SSSR count). The number of anilines is 1. The number of carbonyl (C=O) groups excluding carboxylic acids is 3. The molecule has 3 unspecified atom stereocenters. The van der Waals surface area contributed by atoms with E-state index >= 15 is 0 Å². The molecule has 1 aliphatic rings. The van der Waals surface area contributed by atoms with Crippen molar-refractivity contribution < 1.29 is 14.4 Å². The van der Waals surface area contributed by atoms with Crippen LogP contribution in [0.25, 0.3) is 10.9 Å². The Labute approximate surface area is 252 Å². The molecule has 41 heavy (non-hydrogen) atoms. The zero-order chi connectivity index (χ0) is 30.5. The summed E-state index contributed by atoms with van der Waals surface area (Å²) in [5.41, 5.74) is 6.57. The van der Waals surface area contributed by atoms with Crippen LogP contribution in [0.1, 0.15) is 47.5 Å². The van der Waals surface area contributed by atoms with Gasteiger partial charge in [-0.25, -0.2) is 10.4 Å². The number of hydrogen-bond acceptors (Lipinski definition) is 7. The van der Waals surface area contributed by atoms with Crippen molar-refractivity contribution >= 4 is 50.4 Å². The van der Waals surface area contributed by atoms with E-state index in [1.165, 1.54) is 5.01 Å². The Morgan fingerprint density at radius 2 is 1.90 bits per heavy atom. The van der Waals surface area contributed by atoms with Gasteiger partial charge in [0.05, 0.1) is 11.6 Å². The smallest absolute Gasteiger partial charge is 0.258 e. The third-order valence-electron chi connectivity index (χ3n) is 7.34. The molecular weight excluding hydrogens is 586 g/mol. The standard InChI is InChI=1S/C30H44BrN7O3/c1-9-30(5,6)18-36(7)26(19(2)3)28(40)32-20(4)29(41)38-16-10-11-23(34-38)27(39)35-37(8)25-15-13-21-12-14-22(31)17-24(21)33-25/h9,12-15,17,19-20,23,26,34H,1,10-11,16,18H2,2-8H3,(H,32,40)(H,35,39). The fourth-order valence-electron chi connectivity index (χ4n) is 5.11. The van der Waals surface area contributed by atoms with E-state index in [2.05, 4.69) is 57.5 Å². The lowest BCUT2D eigenvalue weighted by Gasteiger charge is -2.37. The van der Waals surface area contributed by atoms with Gasteiger partial charge in [0.15, 0.2) is 0 Å². The molecule has 1 aromatic carbocycles. The van der Waals surface area contributed by atoms with Gasteiger partial charge in [0, 0.05) is 30.0 Å². The highest BCUT2D eigenvalue weighted by atomic mass is 79.9. The van der Waals surface area contributed by atoms with Crippen LogP contribution in [-0.2, 0) is 14.4 Å². The molecule has 2 aromatic rings. The second kappa shape index (κ2) is 13.8. The number of rotatable bonds is 11. The van der Waals surface area contributed by atoms with Crippen molar-refractivity contribution in [1.82, 2.24) is 31.1 Å². The van der Waals surface area contributed by atoms with Gasteiger partial charge in [-0.15, -0.1) is 6.58 Å². The van der Waals surface area contributed by atoms with Gasteiger partial charge in [0.1, 0.15) is 17.9 Å². The number of carbonyl (C=O) groups is 3. The number of fused-ring (bicyclic) bond motifs is 1. The van der Waals surface area contributed by atoms with Crippen LogP contribution in [0, 0.1) is 11.3 Å². The van der Waals surface area contributed by atoms with Crippen LogP contribution < -0.4 is 21.2 Å². The van der Waals surface area contributed by atoms with E-state index < -0.39 is 18.1 Å². The molecule has 1 aromatic heterocycles. The van der Waals surface area contributed by atoms with Crippen molar-refractivity contribution in [3.05, 3.63) is 47.5 Å². The molecular formula is C30H44BrN7O3. The SMILES string of the molecule is C=CC(C)(C)CN(C)C(C(=O)NC(C)C(=O)N1CCCC(C(=O)NN(C)c2ccc3ccc(Br)cc3n2)N1)C(C)C. The summed E-state index contributed by atoms with van der Waals surface area (Å²) in [6.45, 7) is 14.8. The average Bonchev–Trinajstić information content (AvgIpc) is 2.91. The predicted molar refractivity (Wildman–Crippen MR) is 167 cm³/mol. The molecule has 0 saturated carbocycles. The second-order valence-corrected chi connectivity index (χ2v) is 12.8. The van der Waals surface area contributed by atoms with E-state index in [0.29, 0.717) is 31.7 Å². The lowest BCUT2D eigenvalue weighted by atomic mass is 9.91. The number of likely N-dealkylation sites (N-methyl/N-ethyl adjacent to an activating group) is 1. The summed E-state index contributed by atoms with van der Waals surface area (Å²) < 4.78 is 0.923. The van der Waals surface area contributed by atoms with E-state index in [4.69, 9.17) is 0 Å². The molecule has 10 nitrogen and oxygen atoms in total. The molecule has 3 N–H and O–H groups in total. The largest absolute Gasteiger partial charge is 0.343 e. The summed E-state index contributed by atoms with van der Waals surface area (Å²) in [6, 6.07) is 7.86. The van der Waals surface area contributed by atoms with E-state index in [-0.39, 0.29) is 29.1 Å². The molecule has 1 saturated heterocycles. The molecule has 224 valence electrons. The Balaban J connectivity index is 1.60. The van der Waals surface area contributed by atoms with Crippen LogP contribution >= 0.6 is 15.9 Å². The van der Waals surface area contributed by atoms with Gasteiger partial charge in [-0.1, -0.05) is 55.8 Å². The minimum absolute atomic E-state index is 0.0414. The molecule has 0 bridgehead atoms. The van der Waals surface area contributed by atoms with Gasteiger partial charge in [-0.3, -0.25) is 34.7 Å². The molecule has 3 amide bonds. The lowest BCUT2D eigenvalue weighted by molar-refractivity contribution is -0.143. The maximum Gasteiger partial charge on any atom is 0.258 e. The van der Waals surface area contributed by atoms with Crippen molar-refractivity contribution in [3.63, 3.8) is 0 Å². The third-order valence-corrected chi connectivity index (χ3v) is 7.84. The number of pyridine rings is 1.